The molecule has 2 N–H and O–H groups in total. The van der Waals surface area contributed by atoms with Crippen molar-refractivity contribution >= 4 is 17.5 Å². The van der Waals surface area contributed by atoms with Gasteiger partial charge in [0.15, 0.2) is 0 Å². The van der Waals surface area contributed by atoms with Gasteiger partial charge in [0.25, 0.3) is 0 Å². The fraction of sp³-hybridized carbons (Fsp3) is 0.579. The SMILES string of the molecule is CN(C)c1ccc(CCNC(=O)C(=O)NC2CCCCCC2)cc1. The first-order valence-corrected chi connectivity index (χ1v) is 8.91. The average molecular weight is 331 g/mol. The van der Waals surface area contributed by atoms with E-state index in [1.165, 1.54) is 12.8 Å². The summed E-state index contributed by atoms with van der Waals surface area (Å²) >= 11 is 0. The van der Waals surface area contributed by atoms with Gasteiger partial charge in [0.05, 0.1) is 0 Å². The summed E-state index contributed by atoms with van der Waals surface area (Å²) in [5.74, 6) is -1.02. The van der Waals surface area contributed by atoms with Gasteiger partial charge in [-0.3, -0.25) is 9.59 Å². The Labute approximate surface area is 144 Å². The average Bonchev–Trinajstić information content (AvgIpc) is 2.83. The van der Waals surface area contributed by atoms with Gasteiger partial charge in [0.1, 0.15) is 0 Å². The number of hydrogen-bond donors (Lipinski definition) is 2. The van der Waals surface area contributed by atoms with E-state index >= 15 is 0 Å². The fourth-order valence-electron chi connectivity index (χ4n) is 3.04. The Morgan fingerprint density at radius 2 is 1.62 bits per heavy atom. The van der Waals surface area contributed by atoms with Gasteiger partial charge in [-0.25, -0.2) is 0 Å². The van der Waals surface area contributed by atoms with E-state index in [9.17, 15) is 9.59 Å². The lowest BCUT2D eigenvalue weighted by Crippen LogP contribution is -2.44. The van der Waals surface area contributed by atoms with E-state index in [4.69, 9.17) is 0 Å². The maximum absolute atomic E-state index is 12.0. The first-order chi connectivity index (χ1) is 11.6. The highest BCUT2D eigenvalue weighted by Crippen LogP contribution is 2.17. The molecule has 1 aromatic carbocycles. The quantitative estimate of drug-likeness (QED) is 0.643. The minimum absolute atomic E-state index is 0.157. The summed E-state index contributed by atoms with van der Waals surface area (Å²) in [6, 6.07) is 8.36. The van der Waals surface area contributed by atoms with Crippen molar-refractivity contribution in [2.45, 2.75) is 51.0 Å². The predicted octanol–water partition coefficient (Wildman–Crippen LogP) is 2.25. The molecule has 0 radical (unpaired) electrons. The van der Waals surface area contributed by atoms with Crippen LogP contribution in [0.5, 0.6) is 0 Å². The van der Waals surface area contributed by atoms with Crippen molar-refractivity contribution in [3.63, 3.8) is 0 Å². The minimum atomic E-state index is -0.524. The number of amides is 2. The molecule has 5 heteroatoms. The van der Waals surface area contributed by atoms with Crippen LogP contribution >= 0.6 is 0 Å². The Morgan fingerprint density at radius 1 is 1.00 bits per heavy atom. The zero-order chi connectivity index (χ0) is 17.4. The second-order valence-corrected chi connectivity index (χ2v) is 6.73. The van der Waals surface area contributed by atoms with Crippen LogP contribution in [0.1, 0.15) is 44.1 Å². The molecule has 0 aromatic heterocycles. The van der Waals surface area contributed by atoms with E-state index in [1.54, 1.807) is 0 Å². The van der Waals surface area contributed by atoms with Gasteiger partial charge in [-0.2, -0.15) is 0 Å². The van der Waals surface area contributed by atoms with Gasteiger partial charge >= 0.3 is 11.8 Å². The van der Waals surface area contributed by atoms with Gasteiger partial charge in [-0.05, 0) is 37.0 Å². The molecular weight excluding hydrogens is 302 g/mol. The zero-order valence-electron chi connectivity index (χ0n) is 14.8. The number of nitrogens with zero attached hydrogens (tertiary/aromatic N) is 1. The first-order valence-electron chi connectivity index (χ1n) is 8.91. The second-order valence-electron chi connectivity index (χ2n) is 6.73. The third kappa shape index (κ3) is 5.87. The van der Waals surface area contributed by atoms with Crippen molar-refractivity contribution in [3.05, 3.63) is 29.8 Å². The first kappa shape index (κ1) is 18.3. The summed E-state index contributed by atoms with van der Waals surface area (Å²) in [7, 11) is 4.00. The molecule has 1 saturated carbocycles. The Balaban J connectivity index is 1.70. The molecule has 1 fully saturated rings. The standard InChI is InChI=1S/C19H29N3O2/c1-22(2)17-11-9-15(10-12-17)13-14-20-18(23)19(24)21-16-7-5-3-4-6-8-16/h9-12,16H,3-8,13-14H2,1-2H3,(H,20,23)(H,21,24). The molecule has 1 aliphatic rings. The normalized spacial score (nSPS) is 15.4. The van der Waals surface area contributed by atoms with Crippen LogP contribution in [-0.2, 0) is 16.0 Å². The molecule has 24 heavy (non-hydrogen) atoms. The molecule has 0 spiro atoms. The molecular formula is C19H29N3O2. The smallest absolute Gasteiger partial charge is 0.309 e. The molecule has 0 unspecified atom stereocenters. The van der Waals surface area contributed by atoms with Gasteiger partial charge in [0.2, 0.25) is 0 Å². The largest absolute Gasteiger partial charge is 0.378 e. The number of rotatable bonds is 5. The maximum Gasteiger partial charge on any atom is 0.309 e. The maximum atomic E-state index is 12.0. The van der Waals surface area contributed by atoms with E-state index in [1.807, 2.05) is 31.1 Å². The second kappa shape index (κ2) is 9.30. The van der Waals surface area contributed by atoms with Crippen molar-refractivity contribution in [1.29, 1.82) is 0 Å². The van der Waals surface area contributed by atoms with Crippen molar-refractivity contribution in [2.24, 2.45) is 0 Å². The lowest BCUT2D eigenvalue weighted by atomic mass is 10.1. The molecule has 1 aliphatic carbocycles. The Hall–Kier alpha value is -2.04. The number of anilines is 1. The molecule has 2 amide bonds. The van der Waals surface area contributed by atoms with Crippen LogP contribution in [0.2, 0.25) is 0 Å². The number of carbonyl (C=O) groups is 2. The molecule has 0 atom stereocenters. The van der Waals surface area contributed by atoms with Crippen LogP contribution in [0.25, 0.3) is 0 Å². The number of benzene rings is 1. The Morgan fingerprint density at radius 3 is 2.21 bits per heavy atom. The molecule has 0 aliphatic heterocycles. The Bertz CT molecular complexity index is 532. The van der Waals surface area contributed by atoms with E-state index < -0.39 is 11.8 Å². The van der Waals surface area contributed by atoms with Crippen molar-refractivity contribution in [2.75, 3.05) is 25.5 Å². The highest BCUT2D eigenvalue weighted by molar-refractivity contribution is 6.35. The van der Waals surface area contributed by atoms with Gasteiger partial charge in [-0.1, -0.05) is 37.8 Å². The minimum Gasteiger partial charge on any atom is -0.378 e. The van der Waals surface area contributed by atoms with E-state index in [0.29, 0.717) is 6.54 Å². The third-order valence-corrected chi connectivity index (χ3v) is 4.55. The number of hydrogen-bond acceptors (Lipinski definition) is 3. The summed E-state index contributed by atoms with van der Waals surface area (Å²) < 4.78 is 0. The van der Waals surface area contributed by atoms with Gasteiger partial charge in [0, 0.05) is 32.4 Å². The lowest BCUT2D eigenvalue weighted by Gasteiger charge is -2.16. The highest BCUT2D eigenvalue weighted by Gasteiger charge is 2.19. The summed E-state index contributed by atoms with van der Waals surface area (Å²) in [5.41, 5.74) is 2.29. The Kier molecular flexibility index (Phi) is 7.09. The van der Waals surface area contributed by atoms with Crippen LogP contribution in [-0.4, -0.2) is 38.5 Å². The monoisotopic (exact) mass is 331 g/mol. The molecule has 1 aromatic rings. The van der Waals surface area contributed by atoms with Crippen molar-refractivity contribution < 1.29 is 9.59 Å². The topological polar surface area (TPSA) is 61.4 Å². The summed E-state index contributed by atoms with van der Waals surface area (Å²) in [6.45, 7) is 0.470. The molecule has 0 saturated heterocycles. The highest BCUT2D eigenvalue weighted by atomic mass is 16.2. The van der Waals surface area contributed by atoms with E-state index in [-0.39, 0.29) is 6.04 Å². The summed E-state index contributed by atoms with van der Waals surface area (Å²) in [4.78, 5) is 25.9. The lowest BCUT2D eigenvalue weighted by molar-refractivity contribution is -0.139. The summed E-state index contributed by atoms with van der Waals surface area (Å²) in [6.07, 6.45) is 7.41. The zero-order valence-corrected chi connectivity index (χ0v) is 14.8. The molecule has 0 heterocycles. The van der Waals surface area contributed by atoms with Gasteiger partial charge in [-0.15, -0.1) is 0 Å². The van der Waals surface area contributed by atoms with Crippen molar-refractivity contribution in [1.82, 2.24) is 10.6 Å². The number of nitrogens with one attached hydrogen (secondary N) is 2. The molecule has 2 rings (SSSR count). The van der Waals surface area contributed by atoms with Gasteiger partial charge < -0.3 is 15.5 Å². The van der Waals surface area contributed by atoms with Crippen LogP contribution < -0.4 is 15.5 Å². The molecule has 5 nitrogen and oxygen atoms in total. The summed E-state index contributed by atoms with van der Waals surface area (Å²) in [5, 5.41) is 5.58. The van der Waals surface area contributed by atoms with Crippen LogP contribution in [0.15, 0.2) is 24.3 Å². The molecule has 132 valence electrons. The third-order valence-electron chi connectivity index (χ3n) is 4.55. The fourth-order valence-corrected chi connectivity index (χ4v) is 3.04. The van der Waals surface area contributed by atoms with Crippen LogP contribution in [0.4, 0.5) is 5.69 Å². The van der Waals surface area contributed by atoms with E-state index in [2.05, 4.69) is 22.8 Å². The van der Waals surface area contributed by atoms with Crippen molar-refractivity contribution in [3.8, 4) is 0 Å². The van der Waals surface area contributed by atoms with E-state index in [0.717, 1.165) is 43.4 Å². The van der Waals surface area contributed by atoms with Crippen LogP contribution in [0.3, 0.4) is 0 Å². The number of carbonyl (C=O) groups excluding carboxylic acids is 2. The molecule has 0 bridgehead atoms. The van der Waals surface area contributed by atoms with Crippen LogP contribution in [0, 0.1) is 0 Å². The predicted molar refractivity (Wildman–Crippen MR) is 97.1 cm³/mol.